The van der Waals surface area contributed by atoms with Gasteiger partial charge in [-0.2, -0.15) is 0 Å². The van der Waals surface area contributed by atoms with Crippen molar-refractivity contribution in [1.29, 1.82) is 0 Å². The predicted molar refractivity (Wildman–Crippen MR) is 72.8 cm³/mol. The third kappa shape index (κ3) is 13.3. The van der Waals surface area contributed by atoms with Crippen LogP contribution in [-0.4, -0.2) is 73.1 Å². The number of nitrogens with zero attached hydrogens (tertiary/aromatic N) is 1. The fourth-order valence-electron chi connectivity index (χ4n) is 1.43. The van der Waals surface area contributed by atoms with Crippen molar-refractivity contribution in [3.63, 3.8) is 0 Å². The maximum absolute atomic E-state index is 10.6. The van der Waals surface area contributed by atoms with Crippen molar-refractivity contribution in [1.82, 2.24) is 4.90 Å². The average molecular weight is 291 g/mol. The van der Waals surface area contributed by atoms with Gasteiger partial charge in [0, 0.05) is 13.2 Å². The molecule has 0 radical (unpaired) electrons. The van der Waals surface area contributed by atoms with Crippen LogP contribution in [0.15, 0.2) is 0 Å². The summed E-state index contributed by atoms with van der Waals surface area (Å²) < 4.78 is 10.6. The van der Waals surface area contributed by atoms with Crippen LogP contribution in [0, 0.1) is 5.92 Å². The molecule has 2 N–H and O–H groups in total. The lowest BCUT2D eigenvalue weighted by Crippen LogP contribution is -2.37. The van der Waals surface area contributed by atoms with Crippen molar-refractivity contribution in [2.75, 3.05) is 46.1 Å². The molecule has 0 rings (SSSR count). The maximum Gasteiger partial charge on any atom is 0.317 e. The summed E-state index contributed by atoms with van der Waals surface area (Å²) in [6.45, 7) is 5.81. The molecule has 7 heteroatoms. The number of carboxylic acids is 2. The Hall–Kier alpha value is -1.18. The molecule has 0 aromatic heterocycles. The molecule has 0 aromatic rings. The summed E-state index contributed by atoms with van der Waals surface area (Å²) in [6, 6.07) is 0. The van der Waals surface area contributed by atoms with Gasteiger partial charge in [0.1, 0.15) is 0 Å². The van der Waals surface area contributed by atoms with Crippen LogP contribution in [0.5, 0.6) is 0 Å². The molecule has 0 aromatic carbocycles. The Morgan fingerprint density at radius 3 is 1.90 bits per heavy atom. The SMILES string of the molecule is CC(C)CCOCCOCCN(CC(=O)O)CC(=O)O. The van der Waals surface area contributed by atoms with E-state index >= 15 is 0 Å². The van der Waals surface area contributed by atoms with E-state index in [1.807, 2.05) is 0 Å². The summed E-state index contributed by atoms with van der Waals surface area (Å²) in [7, 11) is 0. The van der Waals surface area contributed by atoms with Gasteiger partial charge in [0.15, 0.2) is 0 Å². The van der Waals surface area contributed by atoms with Gasteiger partial charge in [-0.1, -0.05) is 13.8 Å². The van der Waals surface area contributed by atoms with Gasteiger partial charge in [0.25, 0.3) is 0 Å². The number of rotatable bonds is 13. The standard InChI is InChI=1S/C13H25NO6/c1-11(2)3-5-19-7-8-20-6-4-14(9-12(15)16)10-13(17)18/h11H,3-10H2,1-2H3,(H,15,16)(H,17,18). The molecule has 0 atom stereocenters. The van der Waals surface area contributed by atoms with Gasteiger partial charge in [-0.15, -0.1) is 0 Å². The van der Waals surface area contributed by atoms with Crippen LogP contribution in [0.2, 0.25) is 0 Å². The van der Waals surface area contributed by atoms with E-state index in [2.05, 4.69) is 13.8 Å². The van der Waals surface area contributed by atoms with Crippen LogP contribution in [0.1, 0.15) is 20.3 Å². The molecule has 7 nitrogen and oxygen atoms in total. The molecule has 0 saturated heterocycles. The van der Waals surface area contributed by atoms with E-state index in [-0.39, 0.29) is 26.2 Å². The van der Waals surface area contributed by atoms with E-state index in [4.69, 9.17) is 19.7 Å². The highest BCUT2D eigenvalue weighted by molar-refractivity contribution is 5.72. The minimum Gasteiger partial charge on any atom is -0.480 e. The molecule has 0 spiro atoms. The summed E-state index contributed by atoms with van der Waals surface area (Å²) >= 11 is 0. The highest BCUT2D eigenvalue weighted by Crippen LogP contribution is 1.98. The lowest BCUT2D eigenvalue weighted by atomic mass is 10.1. The highest BCUT2D eigenvalue weighted by atomic mass is 16.5. The zero-order valence-corrected chi connectivity index (χ0v) is 12.2. The third-order valence-corrected chi connectivity index (χ3v) is 2.48. The van der Waals surface area contributed by atoms with Crippen LogP contribution in [-0.2, 0) is 19.1 Å². The van der Waals surface area contributed by atoms with Crippen molar-refractivity contribution >= 4 is 11.9 Å². The number of carbonyl (C=O) groups is 2. The molecular formula is C13H25NO6. The summed E-state index contributed by atoms with van der Waals surface area (Å²) in [6.07, 6.45) is 1.00. The number of ether oxygens (including phenoxy) is 2. The molecule has 20 heavy (non-hydrogen) atoms. The monoisotopic (exact) mass is 291 g/mol. The first kappa shape index (κ1) is 18.8. The number of hydrogen-bond donors (Lipinski definition) is 2. The Morgan fingerprint density at radius 1 is 0.950 bits per heavy atom. The smallest absolute Gasteiger partial charge is 0.317 e. The fourth-order valence-corrected chi connectivity index (χ4v) is 1.43. The topological polar surface area (TPSA) is 96.3 Å². The van der Waals surface area contributed by atoms with Crippen molar-refractivity contribution < 1.29 is 29.3 Å². The lowest BCUT2D eigenvalue weighted by Gasteiger charge is -2.17. The second-order valence-electron chi connectivity index (χ2n) is 4.91. The molecule has 0 bridgehead atoms. The molecule has 118 valence electrons. The summed E-state index contributed by atoms with van der Waals surface area (Å²) in [5.41, 5.74) is 0. The molecule has 0 unspecified atom stereocenters. The predicted octanol–water partition coefficient (Wildman–Crippen LogP) is 0.537. The van der Waals surface area contributed by atoms with Gasteiger partial charge < -0.3 is 19.7 Å². The minimum absolute atomic E-state index is 0.268. The largest absolute Gasteiger partial charge is 0.480 e. The first-order chi connectivity index (χ1) is 9.41. The van der Waals surface area contributed by atoms with Gasteiger partial charge in [-0.05, 0) is 12.3 Å². The Bertz CT molecular complexity index is 266. The third-order valence-electron chi connectivity index (χ3n) is 2.48. The maximum atomic E-state index is 10.6. The minimum atomic E-state index is -1.05. The van der Waals surface area contributed by atoms with E-state index in [1.165, 1.54) is 4.90 Å². The van der Waals surface area contributed by atoms with E-state index in [0.717, 1.165) is 6.42 Å². The van der Waals surface area contributed by atoms with Gasteiger partial charge >= 0.3 is 11.9 Å². The van der Waals surface area contributed by atoms with Gasteiger partial charge in [0.2, 0.25) is 0 Å². The van der Waals surface area contributed by atoms with Crippen LogP contribution < -0.4 is 0 Å². The van der Waals surface area contributed by atoms with Crippen molar-refractivity contribution in [3.05, 3.63) is 0 Å². The molecular weight excluding hydrogens is 266 g/mol. The molecule has 0 aliphatic heterocycles. The molecule has 0 heterocycles. The Morgan fingerprint density at radius 2 is 1.45 bits per heavy atom. The summed E-state index contributed by atoms with van der Waals surface area (Å²) in [5, 5.41) is 17.3. The summed E-state index contributed by atoms with van der Waals surface area (Å²) in [4.78, 5) is 22.4. The van der Waals surface area contributed by atoms with Gasteiger partial charge in [-0.25, -0.2) is 0 Å². The Labute approximate surface area is 119 Å². The van der Waals surface area contributed by atoms with Crippen molar-refractivity contribution in [3.8, 4) is 0 Å². The summed E-state index contributed by atoms with van der Waals surface area (Å²) in [5.74, 6) is -1.50. The van der Waals surface area contributed by atoms with Crippen LogP contribution in [0.4, 0.5) is 0 Å². The normalized spacial score (nSPS) is 11.2. The fraction of sp³-hybridized carbons (Fsp3) is 0.846. The number of carboxylic acid groups (broad SMARTS) is 2. The van der Waals surface area contributed by atoms with E-state index in [0.29, 0.717) is 25.7 Å². The second kappa shape index (κ2) is 11.6. The molecule has 0 fully saturated rings. The van der Waals surface area contributed by atoms with Gasteiger partial charge in [0.05, 0.1) is 32.9 Å². The quantitative estimate of drug-likeness (QED) is 0.478. The number of aliphatic carboxylic acids is 2. The van der Waals surface area contributed by atoms with Crippen LogP contribution in [0.25, 0.3) is 0 Å². The van der Waals surface area contributed by atoms with E-state index in [1.54, 1.807) is 0 Å². The van der Waals surface area contributed by atoms with E-state index in [9.17, 15) is 9.59 Å². The lowest BCUT2D eigenvalue weighted by molar-refractivity contribution is -0.142. The Kier molecular flexibility index (Phi) is 10.9. The molecule has 0 amide bonds. The molecule has 0 aliphatic rings. The zero-order chi connectivity index (χ0) is 15.4. The number of hydrogen-bond acceptors (Lipinski definition) is 5. The van der Waals surface area contributed by atoms with Crippen LogP contribution >= 0.6 is 0 Å². The zero-order valence-electron chi connectivity index (χ0n) is 12.2. The Balaban J connectivity index is 3.57. The first-order valence-corrected chi connectivity index (χ1v) is 6.73. The van der Waals surface area contributed by atoms with Crippen LogP contribution in [0.3, 0.4) is 0 Å². The first-order valence-electron chi connectivity index (χ1n) is 6.73. The molecule has 0 aliphatic carbocycles. The molecule has 0 saturated carbocycles. The van der Waals surface area contributed by atoms with Crippen molar-refractivity contribution in [2.45, 2.75) is 20.3 Å². The average Bonchev–Trinajstić information content (AvgIpc) is 2.30. The van der Waals surface area contributed by atoms with E-state index < -0.39 is 11.9 Å². The van der Waals surface area contributed by atoms with Crippen molar-refractivity contribution in [2.24, 2.45) is 5.92 Å². The highest BCUT2D eigenvalue weighted by Gasteiger charge is 2.12. The second-order valence-corrected chi connectivity index (χ2v) is 4.91. The van der Waals surface area contributed by atoms with Gasteiger partial charge in [-0.3, -0.25) is 14.5 Å².